The molecule has 0 bridgehead atoms. The molecule has 4 N–H and O–H groups in total. The maximum Gasteiger partial charge on any atom is 0.407 e. The van der Waals surface area contributed by atoms with Crippen LogP contribution >= 0.6 is 24.0 Å². The molecular formula is C16H26IN5O2. The Morgan fingerprint density at radius 3 is 2.92 bits per heavy atom. The summed E-state index contributed by atoms with van der Waals surface area (Å²) in [6, 6.07) is 5.81. The van der Waals surface area contributed by atoms with E-state index in [1.165, 1.54) is 0 Å². The Morgan fingerprint density at radius 2 is 2.29 bits per heavy atom. The first-order valence-corrected chi connectivity index (χ1v) is 8.06. The highest BCUT2D eigenvalue weighted by Gasteiger charge is 2.32. The summed E-state index contributed by atoms with van der Waals surface area (Å²) in [7, 11) is 0. The molecule has 2 rings (SSSR count). The summed E-state index contributed by atoms with van der Waals surface area (Å²) in [6.45, 7) is 3.29. The van der Waals surface area contributed by atoms with Gasteiger partial charge >= 0.3 is 6.09 Å². The van der Waals surface area contributed by atoms with Gasteiger partial charge in [0.15, 0.2) is 5.96 Å². The number of hydrogen-bond donors (Lipinski definition) is 3. The van der Waals surface area contributed by atoms with Crippen LogP contribution in [0, 0.1) is 5.92 Å². The largest absolute Gasteiger partial charge is 0.450 e. The molecule has 1 unspecified atom stereocenters. The summed E-state index contributed by atoms with van der Waals surface area (Å²) in [4.78, 5) is 20.1. The van der Waals surface area contributed by atoms with Gasteiger partial charge in [0.25, 0.3) is 0 Å². The number of carbonyl (C=O) groups is 1. The van der Waals surface area contributed by atoms with Gasteiger partial charge in [-0.2, -0.15) is 0 Å². The molecule has 1 amide bonds. The van der Waals surface area contributed by atoms with Crippen LogP contribution in [0.5, 0.6) is 0 Å². The summed E-state index contributed by atoms with van der Waals surface area (Å²) in [5.41, 5.74) is 6.88. The van der Waals surface area contributed by atoms with Gasteiger partial charge in [0.2, 0.25) is 0 Å². The Kier molecular flexibility index (Phi) is 9.43. The number of pyridine rings is 1. The zero-order chi connectivity index (χ0) is 16.5. The first kappa shape index (κ1) is 20.5. The first-order chi connectivity index (χ1) is 11.2. The zero-order valence-electron chi connectivity index (χ0n) is 13.9. The van der Waals surface area contributed by atoms with E-state index < -0.39 is 0 Å². The molecule has 8 heteroatoms. The molecule has 1 aliphatic rings. The van der Waals surface area contributed by atoms with Crippen LogP contribution in [-0.4, -0.2) is 42.8 Å². The molecule has 1 aromatic heterocycles. The Bertz CT molecular complexity index is 522. The number of carbonyl (C=O) groups excluding carboxylic acids is 1. The van der Waals surface area contributed by atoms with E-state index in [-0.39, 0.29) is 36.1 Å². The highest BCUT2D eigenvalue weighted by atomic mass is 127. The zero-order valence-corrected chi connectivity index (χ0v) is 16.2. The molecule has 1 aromatic rings. The van der Waals surface area contributed by atoms with Gasteiger partial charge in [-0.15, -0.1) is 24.0 Å². The number of guanidine groups is 1. The fourth-order valence-corrected chi connectivity index (χ4v) is 2.25. The van der Waals surface area contributed by atoms with Crippen molar-refractivity contribution in [2.75, 3.05) is 19.7 Å². The topological polar surface area (TPSA) is 102 Å². The minimum absolute atomic E-state index is 0. The molecule has 134 valence electrons. The third-order valence-electron chi connectivity index (χ3n) is 3.64. The predicted octanol–water partition coefficient (Wildman–Crippen LogP) is 1.67. The summed E-state index contributed by atoms with van der Waals surface area (Å²) < 4.78 is 4.92. The number of hydrogen-bond acceptors (Lipinski definition) is 4. The van der Waals surface area contributed by atoms with Crippen LogP contribution in [0.25, 0.3) is 0 Å². The molecule has 1 atom stereocenters. The van der Waals surface area contributed by atoms with Crippen LogP contribution in [0.15, 0.2) is 29.4 Å². The van der Waals surface area contributed by atoms with Gasteiger partial charge in [0.1, 0.15) is 0 Å². The van der Waals surface area contributed by atoms with Gasteiger partial charge in [0.05, 0.1) is 19.2 Å². The van der Waals surface area contributed by atoms with Gasteiger partial charge in [-0.1, -0.05) is 6.07 Å². The van der Waals surface area contributed by atoms with E-state index >= 15 is 0 Å². The Morgan fingerprint density at radius 1 is 1.50 bits per heavy atom. The van der Waals surface area contributed by atoms with Crippen molar-refractivity contribution in [3.05, 3.63) is 30.1 Å². The molecule has 0 aliphatic heterocycles. The van der Waals surface area contributed by atoms with Crippen molar-refractivity contribution >= 4 is 36.0 Å². The Balaban J connectivity index is 0.00000288. The predicted molar refractivity (Wildman–Crippen MR) is 105 cm³/mol. The minimum atomic E-state index is -0.388. The van der Waals surface area contributed by atoms with Gasteiger partial charge in [0, 0.05) is 24.9 Å². The number of alkyl carbamates (subject to hydrolysis) is 1. The van der Waals surface area contributed by atoms with Crippen LogP contribution in [0.3, 0.4) is 0 Å². The standard InChI is InChI=1S/C16H25N5O2.HI/c1-2-23-16(22)21-14(12-6-7-12)11-20-15(17)19-10-8-13-5-3-4-9-18-13;/h3-5,9,12,14H,2,6-8,10-11H2,1H3,(H,21,22)(H3,17,19,20);1H. The second-order valence-electron chi connectivity index (χ2n) is 5.53. The molecule has 0 saturated heterocycles. The molecule has 1 fully saturated rings. The number of aliphatic imine (C=N–C) groups is 1. The number of halogens is 1. The number of amides is 1. The molecule has 0 radical (unpaired) electrons. The minimum Gasteiger partial charge on any atom is -0.450 e. The lowest BCUT2D eigenvalue weighted by Crippen LogP contribution is -2.41. The van der Waals surface area contributed by atoms with Crippen LogP contribution in [0.1, 0.15) is 25.5 Å². The molecule has 1 heterocycles. The van der Waals surface area contributed by atoms with Crippen LogP contribution < -0.4 is 16.4 Å². The highest BCUT2D eigenvalue weighted by Crippen LogP contribution is 2.32. The van der Waals surface area contributed by atoms with Crippen molar-refractivity contribution in [1.29, 1.82) is 0 Å². The second kappa shape index (κ2) is 11.1. The van der Waals surface area contributed by atoms with E-state index in [1.807, 2.05) is 18.2 Å². The Labute approximate surface area is 159 Å². The summed E-state index contributed by atoms with van der Waals surface area (Å²) >= 11 is 0. The van der Waals surface area contributed by atoms with Gasteiger partial charge in [-0.25, -0.2) is 4.79 Å². The molecule has 0 spiro atoms. The molecule has 0 aromatic carbocycles. The maximum absolute atomic E-state index is 11.5. The SMILES string of the molecule is CCOC(=O)NC(CN=C(N)NCCc1ccccn1)C1CC1.I. The molecular weight excluding hydrogens is 421 g/mol. The van der Waals surface area contributed by atoms with Crippen LogP contribution in [-0.2, 0) is 11.2 Å². The van der Waals surface area contributed by atoms with E-state index in [0.29, 0.717) is 31.6 Å². The normalized spacial score (nSPS) is 15.1. The number of nitrogens with zero attached hydrogens (tertiary/aromatic N) is 2. The van der Waals surface area contributed by atoms with Crippen LogP contribution in [0.2, 0.25) is 0 Å². The molecule has 24 heavy (non-hydrogen) atoms. The maximum atomic E-state index is 11.5. The van der Waals surface area contributed by atoms with Gasteiger partial charge < -0.3 is 21.1 Å². The van der Waals surface area contributed by atoms with E-state index in [4.69, 9.17) is 10.5 Å². The molecule has 7 nitrogen and oxygen atoms in total. The lowest BCUT2D eigenvalue weighted by molar-refractivity contribution is 0.147. The van der Waals surface area contributed by atoms with Crippen molar-refractivity contribution < 1.29 is 9.53 Å². The second-order valence-corrected chi connectivity index (χ2v) is 5.53. The van der Waals surface area contributed by atoms with Crippen LogP contribution in [0.4, 0.5) is 4.79 Å². The number of aromatic nitrogens is 1. The third kappa shape index (κ3) is 7.80. The molecule has 1 aliphatic carbocycles. The lowest BCUT2D eigenvalue weighted by Gasteiger charge is -2.16. The van der Waals surface area contributed by atoms with Crippen molar-refractivity contribution in [2.45, 2.75) is 32.2 Å². The van der Waals surface area contributed by atoms with E-state index in [0.717, 1.165) is 25.0 Å². The summed E-state index contributed by atoms with van der Waals surface area (Å²) in [5.74, 6) is 0.863. The number of rotatable bonds is 8. The van der Waals surface area contributed by atoms with Crippen molar-refractivity contribution in [3.63, 3.8) is 0 Å². The van der Waals surface area contributed by atoms with E-state index in [9.17, 15) is 4.79 Å². The third-order valence-corrected chi connectivity index (χ3v) is 3.64. The number of nitrogens with one attached hydrogen (secondary N) is 2. The number of ether oxygens (including phenoxy) is 1. The number of nitrogens with two attached hydrogens (primary N) is 1. The Hall–Kier alpha value is -1.58. The van der Waals surface area contributed by atoms with Crippen molar-refractivity contribution in [1.82, 2.24) is 15.6 Å². The monoisotopic (exact) mass is 447 g/mol. The lowest BCUT2D eigenvalue weighted by atomic mass is 10.2. The van der Waals surface area contributed by atoms with E-state index in [2.05, 4.69) is 20.6 Å². The fraction of sp³-hybridized carbons (Fsp3) is 0.562. The van der Waals surface area contributed by atoms with E-state index in [1.54, 1.807) is 13.1 Å². The fourth-order valence-electron chi connectivity index (χ4n) is 2.25. The highest BCUT2D eigenvalue weighted by molar-refractivity contribution is 14.0. The van der Waals surface area contributed by atoms with Crippen molar-refractivity contribution in [3.8, 4) is 0 Å². The average molecular weight is 447 g/mol. The van der Waals surface area contributed by atoms with Gasteiger partial charge in [-0.3, -0.25) is 9.98 Å². The summed E-state index contributed by atoms with van der Waals surface area (Å²) in [6.07, 6.45) is 4.39. The smallest absolute Gasteiger partial charge is 0.407 e. The first-order valence-electron chi connectivity index (χ1n) is 8.06. The van der Waals surface area contributed by atoms with Crippen molar-refractivity contribution in [2.24, 2.45) is 16.6 Å². The quantitative estimate of drug-likeness (QED) is 0.320. The average Bonchev–Trinajstić information content (AvgIpc) is 3.37. The van der Waals surface area contributed by atoms with Gasteiger partial charge in [-0.05, 0) is 37.8 Å². The molecule has 1 saturated carbocycles. The summed E-state index contributed by atoms with van der Waals surface area (Å²) in [5, 5.41) is 5.92.